The number of thiophene rings is 1. The minimum Gasteiger partial charge on any atom is -0.506 e. The number of nitrogens with zero attached hydrogens (tertiary/aromatic N) is 2. The molecule has 2 aromatic heterocycles. The molecule has 3 rings (SSSR count). The number of hydrogen-bond donors (Lipinski definition) is 1. The van der Waals surface area contributed by atoms with E-state index in [1.54, 1.807) is 11.4 Å². The monoisotopic (exact) mass is 292 g/mol. The van der Waals surface area contributed by atoms with Crippen LogP contribution < -0.4 is 0 Å². The molecular formula is C13H9ClN2O2S. The molecule has 0 spiro atoms. The maximum absolute atomic E-state index is 9.60. The van der Waals surface area contributed by atoms with Crippen LogP contribution in [0, 0.1) is 0 Å². The molecule has 0 saturated heterocycles. The molecule has 0 aliphatic carbocycles. The Kier molecular flexibility index (Phi) is 3.23. The van der Waals surface area contributed by atoms with E-state index in [1.165, 1.54) is 11.3 Å². The summed E-state index contributed by atoms with van der Waals surface area (Å²) in [7, 11) is 0. The zero-order valence-electron chi connectivity index (χ0n) is 9.71. The van der Waals surface area contributed by atoms with E-state index in [0.29, 0.717) is 28.0 Å². The van der Waals surface area contributed by atoms with Crippen molar-refractivity contribution in [2.75, 3.05) is 0 Å². The van der Waals surface area contributed by atoms with Crippen molar-refractivity contribution in [1.29, 1.82) is 0 Å². The van der Waals surface area contributed by atoms with Gasteiger partial charge in [-0.1, -0.05) is 28.9 Å². The van der Waals surface area contributed by atoms with Crippen LogP contribution in [-0.4, -0.2) is 15.2 Å². The molecule has 0 saturated carbocycles. The van der Waals surface area contributed by atoms with E-state index in [-0.39, 0.29) is 5.75 Å². The molecular weight excluding hydrogens is 284 g/mol. The minimum atomic E-state index is 0.156. The molecule has 0 atom stereocenters. The predicted molar refractivity (Wildman–Crippen MR) is 73.5 cm³/mol. The predicted octanol–water partition coefficient (Wildman–Crippen LogP) is 3.75. The van der Waals surface area contributed by atoms with Gasteiger partial charge in [-0.15, -0.1) is 11.3 Å². The molecule has 19 heavy (non-hydrogen) atoms. The van der Waals surface area contributed by atoms with Gasteiger partial charge in [-0.25, -0.2) is 0 Å². The van der Waals surface area contributed by atoms with Gasteiger partial charge >= 0.3 is 0 Å². The normalized spacial score (nSPS) is 10.8. The van der Waals surface area contributed by atoms with Crippen LogP contribution in [-0.2, 0) is 6.42 Å². The largest absolute Gasteiger partial charge is 0.506 e. The third kappa shape index (κ3) is 2.62. The van der Waals surface area contributed by atoms with Crippen LogP contribution in [0.3, 0.4) is 0 Å². The molecule has 2 heterocycles. The zero-order valence-corrected chi connectivity index (χ0v) is 11.3. The lowest BCUT2D eigenvalue weighted by molar-refractivity contribution is 0.420. The second-order valence-electron chi connectivity index (χ2n) is 3.96. The summed E-state index contributed by atoms with van der Waals surface area (Å²) in [5.74, 6) is 1.05. The van der Waals surface area contributed by atoms with Crippen molar-refractivity contribution in [2.24, 2.45) is 0 Å². The van der Waals surface area contributed by atoms with E-state index in [9.17, 15) is 5.11 Å². The molecule has 0 bridgehead atoms. The third-order valence-corrected chi connectivity index (χ3v) is 3.68. The Hall–Kier alpha value is -1.85. The van der Waals surface area contributed by atoms with Crippen LogP contribution in [0.5, 0.6) is 5.75 Å². The number of hydrogen-bond acceptors (Lipinski definition) is 5. The van der Waals surface area contributed by atoms with E-state index in [2.05, 4.69) is 10.1 Å². The van der Waals surface area contributed by atoms with Gasteiger partial charge in [0.05, 0.1) is 0 Å². The molecule has 0 amide bonds. The molecule has 4 nitrogen and oxygen atoms in total. The number of rotatable bonds is 3. The summed E-state index contributed by atoms with van der Waals surface area (Å²) in [4.78, 5) is 4.86. The van der Waals surface area contributed by atoms with Crippen molar-refractivity contribution < 1.29 is 9.63 Å². The van der Waals surface area contributed by atoms with E-state index in [4.69, 9.17) is 16.1 Å². The van der Waals surface area contributed by atoms with Gasteiger partial charge in [-0.3, -0.25) is 0 Å². The molecule has 1 N–H and O–H groups in total. The molecule has 96 valence electrons. The summed E-state index contributed by atoms with van der Waals surface area (Å²) in [6.07, 6.45) is 0.538. The summed E-state index contributed by atoms with van der Waals surface area (Å²) in [5, 5.41) is 16.0. The van der Waals surface area contributed by atoms with Gasteiger partial charge in [-0.2, -0.15) is 4.98 Å². The van der Waals surface area contributed by atoms with Crippen molar-refractivity contribution in [1.82, 2.24) is 10.1 Å². The van der Waals surface area contributed by atoms with E-state index in [0.717, 1.165) is 5.56 Å². The van der Waals surface area contributed by atoms with Gasteiger partial charge in [0.1, 0.15) is 10.6 Å². The average Bonchev–Trinajstić information content (AvgIpc) is 2.98. The van der Waals surface area contributed by atoms with E-state index < -0.39 is 0 Å². The van der Waals surface area contributed by atoms with Gasteiger partial charge < -0.3 is 9.63 Å². The van der Waals surface area contributed by atoms with Crippen LogP contribution in [0.25, 0.3) is 10.8 Å². The Balaban J connectivity index is 1.84. The summed E-state index contributed by atoms with van der Waals surface area (Å²) < 4.78 is 5.15. The molecule has 1 aromatic carbocycles. The molecule has 0 radical (unpaired) electrons. The Bertz CT molecular complexity index is 708. The smallest absolute Gasteiger partial charge is 0.271 e. The zero-order chi connectivity index (χ0) is 13.2. The fourth-order valence-corrected chi connectivity index (χ4v) is 2.63. The first-order valence-corrected chi connectivity index (χ1v) is 6.82. The van der Waals surface area contributed by atoms with Gasteiger partial charge in [-0.05, 0) is 29.1 Å². The van der Waals surface area contributed by atoms with Crippen LogP contribution in [0.2, 0.25) is 5.02 Å². The van der Waals surface area contributed by atoms with Crippen molar-refractivity contribution in [3.63, 3.8) is 0 Å². The second kappa shape index (κ2) is 5.03. The Labute approximate surface area is 118 Å². The molecule has 3 aromatic rings. The first-order valence-electron chi connectivity index (χ1n) is 5.56. The first kappa shape index (κ1) is 12.2. The highest BCUT2D eigenvalue weighted by Gasteiger charge is 2.14. The fraction of sp³-hybridized carbons (Fsp3) is 0.0769. The van der Waals surface area contributed by atoms with Crippen molar-refractivity contribution >= 4 is 22.9 Å². The maximum atomic E-state index is 9.60. The fourth-order valence-electron chi connectivity index (χ4n) is 1.71. The minimum absolute atomic E-state index is 0.156. The highest BCUT2D eigenvalue weighted by molar-refractivity contribution is 7.13. The molecule has 0 unspecified atom stereocenters. The van der Waals surface area contributed by atoms with Crippen LogP contribution in [0.4, 0.5) is 0 Å². The van der Waals surface area contributed by atoms with E-state index in [1.807, 2.05) is 24.3 Å². The lowest BCUT2D eigenvalue weighted by atomic mass is 10.1. The van der Waals surface area contributed by atoms with Crippen molar-refractivity contribution in [3.8, 4) is 16.5 Å². The molecule has 6 heteroatoms. The van der Waals surface area contributed by atoms with Crippen molar-refractivity contribution in [2.45, 2.75) is 6.42 Å². The lowest BCUT2D eigenvalue weighted by Gasteiger charge is -1.96. The highest BCUT2D eigenvalue weighted by atomic mass is 35.5. The Morgan fingerprint density at radius 3 is 2.95 bits per heavy atom. The number of benzene rings is 1. The Morgan fingerprint density at radius 1 is 1.32 bits per heavy atom. The van der Waals surface area contributed by atoms with Crippen LogP contribution in [0.15, 0.2) is 40.2 Å². The lowest BCUT2D eigenvalue weighted by Crippen LogP contribution is -1.90. The summed E-state index contributed by atoms with van der Waals surface area (Å²) >= 11 is 7.28. The average molecular weight is 293 g/mol. The summed E-state index contributed by atoms with van der Waals surface area (Å²) in [6.45, 7) is 0. The number of aromatic nitrogens is 2. The summed E-state index contributed by atoms with van der Waals surface area (Å²) in [6, 6.07) is 9.10. The van der Waals surface area contributed by atoms with Gasteiger partial charge in [0.15, 0.2) is 5.82 Å². The van der Waals surface area contributed by atoms with E-state index >= 15 is 0 Å². The highest BCUT2D eigenvalue weighted by Crippen LogP contribution is 2.33. The molecule has 0 aliphatic heterocycles. The second-order valence-corrected chi connectivity index (χ2v) is 5.31. The standard InChI is InChI=1S/C13H9ClN2O2S/c14-9-3-1-2-8(6-9)7-11-15-13(18-16-11)12-10(17)4-5-19-12/h1-6,17H,7H2. The third-order valence-electron chi connectivity index (χ3n) is 2.56. The van der Waals surface area contributed by atoms with Gasteiger partial charge in [0.2, 0.25) is 0 Å². The Morgan fingerprint density at radius 2 is 2.21 bits per heavy atom. The van der Waals surface area contributed by atoms with Crippen LogP contribution >= 0.6 is 22.9 Å². The van der Waals surface area contributed by atoms with Gasteiger partial charge in [0.25, 0.3) is 5.89 Å². The van der Waals surface area contributed by atoms with Crippen LogP contribution in [0.1, 0.15) is 11.4 Å². The van der Waals surface area contributed by atoms with Crippen molar-refractivity contribution in [3.05, 3.63) is 52.1 Å². The quantitative estimate of drug-likeness (QED) is 0.799. The SMILES string of the molecule is Oc1ccsc1-c1nc(Cc2cccc(Cl)c2)no1. The topological polar surface area (TPSA) is 59.2 Å². The molecule has 0 fully saturated rings. The summed E-state index contributed by atoms with van der Waals surface area (Å²) in [5.41, 5.74) is 1.01. The number of aromatic hydroxyl groups is 1. The number of halogens is 1. The first-order chi connectivity index (χ1) is 9.22. The maximum Gasteiger partial charge on any atom is 0.271 e. The van der Waals surface area contributed by atoms with Gasteiger partial charge in [0, 0.05) is 11.4 Å². The molecule has 0 aliphatic rings.